The number of fused-ring (bicyclic) bond motifs is 1. The Kier molecular flexibility index (Phi) is 5.37. The zero-order valence-corrected chi connectivity index (χ0v) is 14.8. The Morgan fingerprint density at radius 3 is 2.54 bits per heavy atom. The second kappa shape index (κ2) is 7.87. The summed E-state index contributed by atoms with van der Waals surface area (Å²) < 4.78 is 10.5. The number of amides is 1. The van der Waals surface area contributed by atoms with E-state index < -0.39 is 5.97 Å². The molecule has 3 aromatic rings. The topological polar surface area (TPSA) is 68.5 Å². The fourth-order valence-corrected chi connectivity index (χ4v) is 2.69. The van der Waals surface area contributed by atoms with E-state index in [-0.39, 0.29) is 24.3 Å². The van der Waals surface area contributed by atoms with Crippen molar-refractivity contribution in [3.8, 4) is 0 Å². The number of esters is 1. The summed E-state index contributed by atoms with van der Waals surface area (Å²) in [6.45, 7) is 3.63. The molecular formula is C21H21NO4. The first kappa shape index (κ1) is 17.7. The molecule has 0 saturated carbocycles. The van der Waals surface area contributed by atoms with Gasteiger partial charge in [-0.15, -0.1) is 0 Å². The van der Waals surface area contributed by atoms with Gasteiger partial charge in [-0.3, -0.25) is 4.79 Å². The van der Waals surface area contributed by atoms with E-state index in [0.717, 1.165) is 17.4 Å². The quantitative estimate of drug-likeness (QED) is 0.681. The van der Waals surface area contributed by atoms with Crippen LogP contribution in [0.3, 0.4) is 0 Å². The lowest BCUT2D eigenvalue weighted by Crippen LogP contribution is -2.31. The summed E-state index contributed by atoms with van der Waals surface area (Å²) in [6, 6.07) is 16.8. The molecule has 1 heterocycles. The molecule has 0 saturated heterocycles. The Morgan fingerprint density at radius 2 is 1.85 bits per heavy atom. The van der Waals surface area contributed by atoms with Gasteiger partial charge in [-0.25, -0.2) is 4.79 Å². The summed E-state index contributed by atoms with van der Waals surface area (Å²) in [5.74, 6) is -0.931. The number of benzene rings is 2. The van der Waals surface area contributed by atoms with Crippen LogP contribution >= 0.6 is 0 Å². The number of para-hydroxylation sites is 1. The van der Waals surface area contributed by atoms with E-state index in [2.05, 4.69) is 12.2 Å². The van der Waals surface area contributed by atoms with Crippen LogP contribution in [0, 0.1) is 0 Å². The van der Waals surface area contributed by atoms with Crippen molar-refractivity contribution in [3.05, 3.63) is 71.5 Å². The van der Waals surface area contributed by atoms with Crippen LogP contribution in [0.5, 0.6) is 0 Å². The first-order valence-corrected chi connectivity index (χ1v) is 8.60. The molecule has 26 heavy (non-hydrogen) atoms. The highest BCUT2D eigenvalue weighted by Crippen LogP contribution is 2.19. The van der Waals surface area contributed by atoms with Crippen molar-refractivity contribution in [2.45, 2.75) is 26.3 Å². The third-order valence-corrected chi connectivity index (χ3v) is 4.23. The summed E-state index contributed by atoms with van der Waals surface area (Å²) in [7, 11) is 0. The normalized spacial score (nSPS) is 11.9. The van der Waals surface area contributed by atoms with E-state index in [1.807, 2.05) is 49.4 Å². The Morgan fingerprint density at radius 1 is 1.12 bits per heavy atom. The molecule has 134 valence electrons. The van der Waals surface area contributed by atoms with Gasteiger partial charge in [0.05, 0.1) is 6.04 Å². The van der Waals surface area contributed by atoms with Gasteiger partial charge in [0, 0.05) is 5.39 Å². The van der Waals surface area contributed by atoms with Crippen molar-refractivity contribution in [3.63, 3.8) is 0 Å². The number of rotatable bonds is 6. The van der Waals surface area contributed by atoms with E-state index in [9.17, 15) is 9.59 Å². The Bertz CT molecular complexity index is 878. The van der Waals surface area contributed by atoms with Gasteiger partial charge in [0.25, 0.3) is 5.91 Å². The average molecular weight is 351 g/mol. The number of aryl methyl sites for hydroxylation is 1. The van der Waals surface area contributed by atoms with Crippen LogP contribution in [0.15, 0.2) is 59.0 Å². The summed E-state index contributed by atoms with van der Waals surface area (Å²) in [5, 5.41) is 3.63. The first-order chi connectivity index (χ1) is 12.6. The lowest BCUT2D eigenvalue weighted by atomic mass is 10.1. The number of carbonyl (C=O) groups is 2. The molecule has 0 aliphatic carbocycles. The predicted octanol–water partition coefficient (Wildman–Crippen LogP) is 4.03. The van der Waals surface area contributed by atoms with Crippen LogP contribution in [-0.2, 0) is 16.0 Å². The molecule has 0 aliphatic rings. The van der Waals surface area contributed by atoms with Gasteiger partial charge in [-0.1, -0.05) is 49.4 Å². The van der Waals surface area contributed by atoms with Crippen molar-refractivity contribution in [2.24, 2.45) is 0 Å². The van der Waals surface area contributed by atoms with Gasteiger partial charge in [-0.05, 0) is 36.6 Å². The molecule has 1 aromatic heterocycles. The highest BCUT2D eigenvalue weighted by molar-refractivity contribution is 5.93. The number of ether oxygens (including phenoxy) is 1. The number of hydrogen-bond acceptors (Lipinski definition) is 4. The molecule has 0 unspecified atom stereocenters. The molecule has 0 spiro atoms. The Balaban J connectivity index is 1.53. The maximum atomic E-state index is 12.0. The maximum Gasteiger partial charge on any atom is 0.374 e. The molecular weight excluding hydrogens is 330 g/mol. The van der Waals surface area contributed by atoms with Crippen LogP contribution < -0.4 is 5.32 Å². The second-order valence-electron chi connectivity index (χ2n) is 6.11. The zero-order valence-electron chi connectivity index (χ0n) is 14.8. The average Bonchev–Trinajstić information content (AvgIpc) is 3.10. The van der Waals surface area contributed by atoms with Crippen LogP contribution in [0.2, 0.25) is 0 Å². The summed E-state index contributed by atoms with van der Waals surface area (Å²) >= 11 is 0. The maximum absolute atomic E-state index is 12.0. The molecule has 2 aromatic carbocycles. The van der Waals surface area contributed by atoms with Crippen molar-refractivity contribution in [1.29, 1.82) is 0 Å². The first-order valence-electron chi connectivity index (χ1n) is 8.60. The van der Waals surface area contributed by atoms with Gasteiger partial charge in [-0.2, -0.15) is 0 Å². The van der Waals surface area contributed by atoms with Gasteiger partial charge in [0.1, 0.15) is 5.58 Å². The molecule has 0 bridgehead atoms. The molecule has 5 heteroatoms. The molecule has 5 nitrogen and oxygen atoms in total. The predicted molar refractivity (Wildman–Crippen MR) is 98.9 cm³/mol. The van der Waals surface area contributed by atoms with Gasteiger partial charge in [0.15, 0.2) is 6.61 Å². The van der Waals surface area contributed by atoms with Crippen molar-refractivity contribution in [2.75, 3.05) is 6.61 Å². The minimum Gasteiger partial charge on any atom is -0.450 e. The number of nitrogens with one attached hydrogen (secondary N) is 1. The SMILES string of the molecule is CCc1ccc([C@@H](C)NC(=O)COC(=O)c2cc3ccccc3o2)cc1. The van der Waals surface area contributed by atoms with Crippen LogP contribution in [-0.4, -0.2) is 18.5 Å². The molecule has 1 atom stereocenters. The lowest BCUT2D eigenvalue weighted by molar-refractivity contribution is -0.124. The van der Waals surface area contributed by atoms with Gasteiger partial charge < -0.3 is 14.5 Å². The van der Waals surface area contributed by atoms with E-state index in [4.69, 9.17) is 9.15 Å². The summed E-state index contributed by atoms with van der Waals surface area (Å²) in [4.78, 5) is 24.1. The molecule has 1 amide bonds. The van der Waals surface area contributed by atoms with Crippen molar-refractivity contribution >= 4 is 22.8 Å². The lowest BCUT2D eigenvalue weighted by Gasteiger charge is -2.14. The largest absolute Gasteiger partial charge is 0.450 e. The van der Waals surface area contributed by atoms with Crippen LogP contribution in [0.4, 0.5) is 0 Å². The fraction of sp³-hybridized carbons (Fsp3) is 0.238. The molecule has 1 N–H and O–H groups in total. The van der Waals surface area contributed by atoms with Gasteiger partial charge >= 0.3 is 5.97 Å². The van der Waals surface area contributed by atoms with Crippen LogP contribution in [0.25, 0.3) is 11.0 Å². The Hall–Kier alpha value is -3.08. The highest BCUT2D eigenvalue weighted by Gasteiger charge is 2.16. The van der Waals surface area contributed by atoms with E-state index in [1.54, 1.807) is 12.1 Å². The smallest absolute Gasteiger partial charge is 0.374 e. The van der Waals surface area contributed by atoms with E-state index in [1.165, 1.54) is 5.56 Å². The number of hydrogen-bond donors (Lipinski definition) is 1. The summed E-state index contributed by atoms with van der Waals surface area (Å²) in [6.07, 6.45) is 0.971. The van der Waals surface area contributed by atoms with Crippen molar-refractivity contribution < 1.29 is 18.7 Å². The molecule has 0 fully saturated rings. The Labute approximate surface area is 152 Å². The van der Waals surface area contributed by atoms with E-state index >= 15 is 0 Å². The molecule has 0 radical (unpaired) electrons. The monoisotopic (exact) mass is 351 g/mol. The van der Waals surface area contributed by atoms with Crippen molar-refractivity contribution in [1.82, 2.24) is 5.32 Å². The van der Waals surface area contributed by atoms with E-state index in [0.29, 0.717) is 5.58 Å². The molecule has 3 rings (SSSR count). The summed E-state index contributed by atoms with van der Waals surface area (Å²) in [5.41, 5.74) is 2.85. The third-order valence-electron chi connectivity index (χ3n) is 4.23. The standard InChI is InChI=1S/C21H21NO4/c1-3-15-8-10-16(11-9-15)14(2)22-20(23)13-25-21(24)19-12-17-6-4-5-7-18(17)26-19/h4-12,14H,3,13H2,1-2H3,(H,22,23)/t14-/m1/s1. The minimum absolute atomic E-state index is 0.0854. The highest BCUT2D eigenvalue weighted by atomic mass is 16.5. The third kappa shape index (κ3) is 4.11. The molecule has 0 aliphatic heterocycles. The zero-order chi connectivity index (χ0) is 18.5. The second-order valence-corrected chi connectivity index (χ2v) is 6.11. The number of carbonyl (C=O) groups excluding carboxylic acids is 2. The minimum atomic E-state index is -0.656. The van der Waals surface area contributed by atoms with Gasteiger partial charge in [0.2, 0.25) is 5.76 Å². The van der Waals surface area contributed by atoms with Crippen LogP contribution in [0.1, 0.15) is 41.6 Å². The number of furan rings is 1. The fourth-order valence-electron chi connectivity index (χ4n) is 2.69.